The zero-order valence-electron chi connectivity index (χ0n) is 8.78. The van der Waals surface area contributed by atoms with Gasteiger partial charge in [0.25, 0.3) is 0 Å². The first-order valence-electron chi connectivity index (χ1n) is 4.94. The van der Waals surface area contributed by atoms with Gasteiger partial charge in [-0.3, -0.25) is 4.68 Å². The number of hydrogen-bond acceptors (Lipinski definition) is 6. The topological polar surface area (TPSA) is 95.9 Å². The molecule has 0 fully saturated rings. The molecule has 0 radical (unpaired) electrons. The van der Waals surface area contributed by atoms with E-state index in [1.54, 1.807) is 35.7 Å². The van der Waals surface area contributed by atoms with Crippen molar-refractivity contribution >= 4 is 5.69 Å². The Morgan fingerprint density at radius 3 is 3.06 bits per heavy atom. The maximum absolute atomic E-state index is 5.55. The predicted octanol–water partition coefficient (Wildman–Crippen LogP) is 1.16. The largest absolute Gasteiger partial charge is 0.472 e. The van der Waals surface area contributed by atoms with Crippen molar-refractivity contribution < 1.29 is 8.94 Å². The van der Waals surface area contributed by atoms with Crippen LogP contribution in [0.15, 0.2) is 39.9 Å². The first-order chi connectivity index (χ1) is 8.31. The van der Waals surface area contributed by atoms with Gasteiger partial charge < -0.3 is 14.7 Å². The predicted molar refractivity (Wildman–Crippen MR) is 57.7 cm³/mol. The zero-order chi connectivity index (χ0) is 11.7. The number of hydrogen-bond donors (Lipinski definition) is 1. The van der Waals surface area contributed by atoms with E-state index in [1.807, 2.05) is 0 Å². The molecule has 0 saturated heterocycles. The van der Waals surface area contributed by atoms with Crippen LogP contribution in [0.1, 0.15) is 5.89 Å². The second-order valence-corrected chi connectivity index (χ2v) is 3.49. The summed E-state index contributed by atoms with van der Waals surface area (Å²) in [5.41, 5.74) is 6.93. The minimum atomic E-state index is 0.391. The molecule has 7 heteroatoms. The molecule has 0 saturated carbocycles. The molecule has 0 amide bonds. The van der Waals surface area contributed by atoms with Gasteiger partial charge in [-0.05, 0) is 6.07 Å². The fourth-order valence-electron chi connectivity index (χ4n) is 1.43. The lowest BCUT2D eigenvalue weighted by molar-refractivity contribution is 0.366. The van der Waals surface area contributed by atoms with Gasteiger partial charge in [-0.1, -0.05) is 5.16 Å². The highest BCUT2D eigenvalue weighted by atomic mass is 16.5. The number of anilines is 1. The highest BCUT2D eigenvalue weighted by Gasteiger charge is 2.10. The summed E-state index contributed by atoms with van der Waals surface area (Å²) in [5, 5.41) is 7.87. The Hall–Kier alpha value is -2.57. The normalized spacial score (nSPS) is 10.8. The monoisotopic (exact) mass is 231 g/mol. The zero-order valence-corrected chi connectivity index (χ0v) is 8.78. The third kappa shape index (κ3) is 1.89. The number of furan rings is 1. The molecule has 0 aliphatic heterocycles. The fourth-order valence-corrected chi connectivity index (χ4v) is 1.43. The highest BCUT2D eigenvalue weighted by Crippen LogP contribution is 2.16. The smallest absolute Gasteiger partial charge is 0.248 e. The molecule has 0 bridgehead atoms. The molecule has 86 valence electrons. The van der Waals surface area contributed by atoms with Gasteiger partial charge in [0, 0.05) is 6.20 Å². The fraction of sp³-hybridized carbons (Fsp3) is 0.100. The maximum Gasteiger partial charge on any atom is 0.248 e. The minimum Gasteiger partial charge on any atom is -0.472 e. The second kappa shape index (κ2) is 3.78. The summed E-state index contributed by atoms with van der Waals surface area (Å²) in [5.74, 6) is 0.957. The average Bonchev–Trinajstić information content (AvgIpc) is 3.00. The molecule has 2 N–H and O–H groups in total. The lowest BCUT2D eigenvalue weighted by atomic mass is 10.3. The summed E-state index contributed by atoms with van der Waals surface area (Å²) in [4.78, 5) is 4.22. The van der Waals surface area contributed by atoms with Crippen LogP contribution in [0.2, 0.25) is 0 Å². The van der Waals surface area contributed by atoms with Crippen molar-refractivity contribution in [1.82, 2.24) is 19.9 Å². The maximum atomic E-state index is 5.55. The van der Waals surface area contributed by atoms with Gasteiger partial charge in [0.15, 0.2) is 0 Å². The van der Waals surface area contributed by atoms with Crippen molar-refractivity contribution in [3.8, 4) is 11.4 Å². The third-order valence-electron chi connectivity index (χ3n) is 2.20. The molecular weight excluding hydrogens is 222 g/mol. The molecule has 0 atom stereocenters. The minimum absolute atomic E-state index is 0.391. The lowest BCUT2D eigenvalue weighted by Gasteiger charge is -1.93. The first-order valence-corrected chi connectivity index (χ1v) is 4.94. The van der Waals surface area contributed by atoms with Crippen molar-refractivity contribution in [2.24, 2.45) is 0 Å². The number of nitrogens with two attached hydrogens (primary N) is 1. The van der Waals surface area contributed by atoms with Crippen molar-refractivity contribution in [1.29, 1.82) is 0 Å². The number of nitrogen functional groups attached to an aromatic ring is 1. The van der Waals surface area contributed by atoms with Gasteiger partial charge >= 0.3 is 0 Å². The third-order valence-corrected chi connectivity index (χ3v) is 2.20. The Bertz CT molecular complexity index is 610. The summed E-state index contributed by atoms with van der Waals surface area (Å²) in [6.07, 6.45) is 6.37. The average molecular weight is 231 g/mol. The summed E-state index contributed by atoms with van der Waals surface area (Å²) < 4.78 is 11.7. The van der Waals surface area contributed by atoms with E-state index in [4.69, 9.17) is 14.7 Å². The van der Waals surface area contributed by atoms with E-state index >= 15 is 0 Å². The van der Waals surface area contributed by atoms with Crippen molar-refractivity contribution in [3.63, 3.8) is 0 Å². The Morgan fingerprint density at radius 1 is 1.41 bits per heavy atom. The van der Waals surface area contributed by atoms with E-state index in [2.05, 4.69) is 15.2 Å². The molecule has 0 aliphatic rings. The van der Waals surface area contributed by atoms with Crippen molar-refractivity contribution in [2.75, 3.05) is 5.73 Å². The van der Waals surface area contributed by atoms with Crippen LogP contribution in [0.5, 0.6) is 0 Å². The summed E-state index contributed by atoms with van der Waals surface area (Å²) in [7, 11) is 0. The van der Waals surface area contributed by atoms with E-state index in [0.29, 0.717) is 23.9 Å². The molecule has 0 aliphatic carbocycles. The van der Waals surface area contributed by atoms with Gasteiger partial charge in [-0.2, -0.15) is 10.1 Å². The van der Waals surface area contributed by atoms with E-state index in [0.717, 1.165) is 5.56 Å². The number of rotatable bonds is 3. The van der Waals surface area contributed by atoms with Crippen LogP contribution in [0.25, 0.3) is 11.4 Å². The van der Waals surface area contributed by atoms with Crippen LogP contribution < -0.4 is 5.73 Å². The molecule has 3 heterocycles. The molecule has 0 aromatic carbocycles. The van der Waals surface area contributed by atoms with Crippen LogP contribution in [0, 0.1) is 0 Å². The second-order valence-electron chi connectivity index (χ2n) is 3.49. The van der Waals surface area contributed by atoms with Crippen LogP contribution in [0.3, 0.4) is 0 Å². The Kier molecular flexibility index (Phi) is 2.14. The SMILES string of the molecule is Nc1cnn(Cc2nc(-c3ccoc3)no2)c1. The van der Waals surface area contributed by atoms with Gasteiger partial charge in [0.2, 0.25) is 11.7 Å². The molecule has 7 nitrogen and oxygen atoms in total. The number of aromatic nitrogens is 4. The lowest BCUT2D eigenvalue weighted by Crippen LogP contribution is -2.00. The molecular formula is C10H9N5O2. The Labute approximate surface area is 95.8 Å². The Morgan fingerprint density at radius 2 is 2.35 bits per heavy atom. The van der Waals surface area contributed by atoms with E-state index in [9.17, 15) is 0 Å². The van der Waals surface area contributed by atoms with Crippen molar-refractivity contribution in [2.45, 2.75) is 6.54 Å². The molecule has 3 rings (SSSR count). The van der Waals surface area contributed by atoms with Crippen LogP contribution in [-0.2, 0) is 6.54 Å². The van der Waals surface area contributed by atoms with E-state index in [1.165, 1.54) is 0 Å². The van der Waals surface area contributed by atoms with Crippen LogP contribution >= 0.6 is 0 Å². The van der Waals surface area contributed by atoms with Crippen LogP contribution in [-0.4, -0.2) is 19.9 Å². The molecule has 17 heavy (non-hydrogen) atoms. The molecule has 0 spiro atoms. The molecule has 3 aromatic heterocycles. The molecule has 3 aromatic rings. The molecule has 0 unspecified atom stereocenters. The number of nitrogens with zero attached hydrogens (tertiary/aromatic N) is 4. The Balaban J connectivity index is 1.81. The van der Waals surface area contributed by atoms with Gasteiger partial charge in [-0.15, -0.1) is 0 Å². The first kappa shape index (κ1) is 9.64. The summed E-state index contributed by atoms with van der Waals surface area (Å²) in [6, 6.07) is 1.76. The summed E-state index contributed by atoms with van der Waals surface area (Å²) in [6.45, 7) is 0.391. The van der Waals surface area contributed by atoms with E-state index < -0.39 is 0 Å². The summed E-state index contributed by atoms with van der Waals surface area (Å²) >= 11 is 0. The quantitative estimate of drug-likeness (QED) is 0.726. The highest BCUT2D eigenvalue weighted by molar-refractivity contribution is 5.51. The van der Waals surface area contributed by atoms with E-state index in [-0.39, 0.29) is 0 Å². The van der Waals surface area contributed by atoms with Gasteiger partial charge in [0.05, 0.1) is 23.7 Å². The van der Waals surface area contributed by atoms with Crippen LogP contribution in [0.4, 0.5) is 5.69 Å². The van der Waals surface area contributed by atoms with Gasteiger partial charge in [-0.25, -0.2) is 0 Å². The van der Waals surface area contributed by atoms with Crippen molar-refractivity contribution in [3.05, 3.63) is 36.9 Å². The standard InChI is InChI=1S/C10H9N5O2/c11-8-3-12-15(4-8)5-9-13-10(14-17-9)7-1-2-16-6-7/h1-4,6H,5,11H2. The van der Waals surface area contributed by atoms with Gasteiger partial charge in [0.1, 0.15) is 12.8 Å².